The molecule has 0 N–H and O–H groups in total. The molecule has 3 rings (SSSR count). The van der Waals surface area contributed by atoms with E-state index in [2.05, 4.69) is 9.98 Å². The predicted octanol–water partition coefficient (Wildman–Crippen LogP) is 2.85. The van der Waals surface area contributed by atoms with Gasteiger partial charge < -0.3 is 9.15 Å². The highest BCUT2D eigenvalue weighted by Crippen LogP contribution is 2.25. The lowest BCUT2D eigenvalue weighted by Crippen LogP contribution is -2.12. The van der Waals surface area contributed by atoms with Crippen LogP contribution in [-0.2, 0) is 0 Å². The Kier molecular flexibility index (Phi) is 4.47. The lowest BCUT2D eigenvalue weighted by molar-refractivity contribution is 0.1000. The normalized spacial score (nSPS) is 11.0. The number of aliphatic imine (C=N–C) groups is 1. The Morgan fingerprint density at radius 3 is 2.96 bits per heavy atom. The van der Waals surface area contributed by atoms with E-state index >= 15 is 0 Å². The van der Waals surface area contributed by atoms with E-state index in [0.717, 1.165) is 0 Å². The van der Waals surface area contributed by atoms with Crippen molar-refractivity contribution in [1.82, 2.24) is 4.98 Å². The van der Waals surface area contributed by atoms with E-state index in [0.29, 0.717) is 28.9 Å². The Bertz CT molecular complexity index is 962. The molecule has 120 valence electrons. The second kappa shape index (κ2) is 6.87. The van der Waals surface area contributed by atoms with Gasteiger partial charge in [-0.3, -0.25) is 9.78 Å². The van der Waals surface area contributed by atoms with Gasteiger partial charge in [-0.25, -0.2) is 9.79 Å². The van der Waals surface area contributed by atoms with Crippen molar-refractivity contribution >= 4 is 23.1 Å². The van der Waals surface area contributed by atoms with Gasteiger partial charge in [0.15, 0.2) is 11.3 Å². The molecule has 0 unspecified atom stereocenters. The first-order valence-corrected chi connectivity index (χ1v) is 7.37. The van der Waals surface area contributed by atoms with Crippen LogP contribution < -0.4 is 10.4 Å². The number of carbonyl (C=O) groups is 1. The number of para-hydroxylation sites is 1. The third kappa shape index (κ3) is 3.22. The summed E-state index contributed by atoms with van der Waals surface area (Å²) < 4.78 is 10.7. The van der Waals surface area contributed by atoms with Gasteiger partial charge >= 0.3 is 5.63 Å². The molecule has 1 amide bonds. The zero-order chi connectivity index (χ0) is 16.9. The highest BCUT2D eigenvalue weighted by molar-refractivity contribution is 6.03. The molecule has 0 aliphatic heterocycles. The molecule has 2 aromatic heterocycles. The number of aromatic nitrogens is 1. The summed E-state index contributed by atoms with van der Waals surface area (Å²) in [5.74, 6) is -0.207. The number of pyridine rings is 1. The van der Waals surface area contributed by atoms with Gasteiger partial charge in [0, 0.05) is 29.6 Å². The standard InChI is InChI=1S/C18H14N2O4/c1-2-23-15-7-3-6-13-9-14(18(22)24-16(13)15)17(21)20-11-12-5-4-8-19-10-12/h3-11H,2H2,1H3. The van der Waals surface area contributed by atoms with Gasteiger partial charge in [0.1, 0.15) is 5.56 Å². The van der Waals surface area contributed by atoms with Gasteiger partial charge in [-0.15, -0.1) is 0 Å². The molecule has 6 nitrogen and oxygen atoms in total. The van der Waals surface area contributed by atoms with Crippen LogP contribution in [0, 0.1) is 0 Å². The van der Waals surface area contributed by atoms with Gasteiger partial charge in [0.25, 0.3) is 5.91 Å². The Morgan fingerprint density at radius 2 is 2.21 bits per heavy atom. The van der Waals surface area contributed by atoms with Gasteiger partial charge in [0.05, 0.1) is 6.61 Å². The molecule has 24 heavy (non-hydrogen) atoms. The lowest BCUT2D eigenvalue weighted by Gasteiger charge is -2.06. The van der Waals surface area contributed by atoms with Gasteiger partial charge in [-0.1, -0.05) is 18.2 Å². The second-order valence-electron chi connectivity index (χ2n) is 4.90. The van der Waals surface area contributed by atoms with Crippen molar-refractivity contribution in [2.75, 3.05) is 6.61 Å². The minimum atomic E-state index is -0.747. The van der Waals surface area contributed by atoms with Crippen LogP contribution in [0.4, 0.5) is 0 Å². The fourth-order valence-electron chi connectivity index (χ4n) is 2.19. The summed E-state index contributed by atoms with van der Waals surface area (Å²) in [4.78, 5) is 32.0. The molecule has 0 aliphatic rings. The van der Waals surface area contributed by atoms with Crippen molar-refractivity contribution < 1.29 is 13.9 Å². The van der Waals surface area contributed by atoms with Gasteiger partial charge in [-0.2, -0.15) is 0 Å². The SMILES string of the molecule is CCOc1cccc2cc(C(=O)N=Cc3cccnc3)c(=O)oc12. The maximum absolute atomic E-state index is 12.2. The lowest BCUT2D eigenvalue weighted by atomic mass is 10.1. The molecule has 0 saturated heterocycles. The van der Waals surface area contributed by atoms with Crippen LogP contribution in [0.25, 0.3) is 11.0 Å². The number of carbonyl (C=O) groups excluding carboxylic acids is 1. The highest BCUT2D eigenvalue weighted by Gasteiger charge is 2.14. The molecule has 1 aromatic carbocycles. The number of fused-ring (bicyclic) bond motifs is 1. The Balaban J connectivity index is 1.98. The predicted molar refractivity (Wildman–Crippen MR) is 89.8 cm³/mol. The van der Waals surface area contributed by atoms with Gasteiger partial charge in [-0.05, 0) is 25.1 Å². The number of amides is 1. The summed E-state index contributed by atoms with van der Waals surface area (Å²) in [6.45, 7) is 2.28. The number of nitrogens with zero attached hydrogens (tertiary/aromatic N) is 2. The number of hydrogen-bond donors (Lipinski definition) is 0. The molecule has 0 aliphatic carbocycles. The minimum Gasteiger partial charge on any atom is -0.490 e. The van der Waals surface area contributed by atoms with E-state index in [1.165, 1.54) is 12.3 Å². The maximum atomic E-state index is 12.2. The molecule has 2 heterocycles. The Hall–Kier alpha value is -3.28. The average Bonchev–Trinajstić information content (AvgIpc) is 2.61. The molecule has 0 atom stereocenters. The largest absolute Gasteiger partial charge is 0.490 e. The molecule has 0 spiro atoms. The highest BCUT2D eigenvalue weighted by atomic mass is 16.5. The third-order valence-electron chi connectivity index (χ3n) is 3.27. The van der Waals surface area contributed by atoms with Crippen LogP contribution >= 0.6 is 0 Å². The Labute approximate surface area is 137 Å². The van der Waals surface area contributed by atoms with E-state index in [1.54, 1.807) is 42.7 Å². The second-order valence-corrected chi connectivity index (χ2v) is 4.90. The summed E-state index contributed by atoms with van der Waals surface area (Å²) in [7, 11) is 0. The summed E-state index contributed by atoms with van der Waals surface area (Å²) in [5.41, 5.74) is 0.103. The molecule has 0 fully saturated rings. The van der Waals surface area contributed by atoms with Gasteiger partial charge in [0.2, 0.25) is 0 Å². The topological polar surface area (TPSA) is 81.8 Å². The quantitative estimate of drug-likeness (QED) is 0.545. The van der Waals surface area contributed by atoms with E-state index in [9.17, 15) is 9.59 Å². The average molecular weight is 322 g/mol. The van der Waals surface area contributed by atoms with Crippen LogP contribution in [0.1, 0.15) is 22.8 Å². The summed E-state index contributed by atoms with van der Waals surface area (Å²) in [6, 6.07) is 10.2. The first-order chi connectivity index (χ1) is 11.7. The van der Waals surface area contributed by atoms with Crippen molar-refractivity contribution in [3.05, 3.63) is 70.3 Å². The van der Waals surface area contributed by atoms with Crippen LogP contribution in [0.2, 0.25) is 0 Å². The van der Waals surface area contributed by atoms with Crippen molar-refractivity contribution in [2.24, 2.45) is 4.99 Å². The number of ether oxygens (including phenoxy) is 1. The van der Waals surface area contributed by atoms with Crippen molar-refractivity contribution in [3.8, 4) is 5.75 Å². The molecular weight excluding hydrogens is 308 g/mol. The summed E-state index contributed by atoms with van der Waals surface area (Å²) >= 11 is 0. The minimum absolute atomic E-state index is 0.128. The van der Waals surface area contributed by atoms with Crippen molar-refractivity contribution in [3.63, 3.8) is 0 Å². The summed E-state index contributed by atoms with van der Waals surface area (Å²) in [6.07, 6.45) is 4.54. The third-order valence-corrected chi connectivity index (χ3v) is 3.27. The zero-order valence-electron chi connectivity index (χ0n) is 12.9. The smallest absolute Gasteiger partial charge is 0.349 e. The molecular formula is C18H14N2O4. The maximum Gasteiger partial charge on any atom is 0.349 e. The first kappa shape index (κ1) is 15.6. The zero-order valence-corrected chi connectivity index (χ0v) is 12.9. The monoisotopic (exact) mass is 322 g/mol. The fraction of sp³-hybridized carbons (Fsp3) is 0.111. The van der Waals surface area contributed by atoms with E-state index in [1.807, 2.05) is 6.92 Å². The number of benzene rings is 1. The first-order valence-electron chi connectivity index (χ1n) is 7.37. The summed E-state index contributed by atoms with van der Waals surface area (Å²) in [5, 5.41) is 0.598. The molecule has 3 aromatic rings. The molecule has 0 bridgehead atoms. The van der Waals surface area contributed by atoms with Crippen molar-refractivity contribution in [1.29, 1.82) is 0 Å². The molecule has 0 radical (unpaired) electrons. The molecule has 0 saturated carbocycles. The van der Waals surface area contributed by atoms with Crippen LogP contribution in [0.3, 0.4) is 0 Å². The Morgan fingerprint density at radius 1 is 1.33 bits per heavy atom. The number of hydrogen-bond acceptors (Lipinski definition) is 5. The molecule has 6 heteroatoms. The van der Waals surface area contributed by atoms with Crippen LogP contribution in [0.5, 0.6) is 5.75 Å². The van der Waals surface area contributed by atoms with E-state index in [-0.39, 0.29) is 5.56 Å². The van der Waals surface area contributed by atoms with E-state index in [4.69, 9.17) is 9.15 Å². The fourth-order valence-corrected chi connectivity index (χ4v) is 2.19. The van der Waals surface area contributed by atoms with Crippen LogP contribution in [0.15, 0.2) is 63.0 Å². The van der Waals surface area contributed by atoms with Crippen LogP contribution in [-0.4, -0.2) is 23.7 Å². The van der Waals surface area contributed by atoms with E-state index < -0.39 is 11.5 Å². The van der Waals surface area contributed by atoms with Crippen molar-refractivity contribution in [2.45, 2.75) is 6.92 Å². The number of rotatable bonds is 4.